The van der Waals surface area contributed by atoms with Crippen LogP contribution in [-0.4, -0.2) is 12.2 Å². The molecule has 0 aliphatic heterocycles. The molecular formula is C16H16Cl2O2. The van der Waals surface area contributed by atoms with Gasteiger partial charge in [-0.1, -0.05) is 40.9 Å². The van der Waals surface area contributed by atoms with Gasteiger partial charge in [0, 0.05) is 12.0 Å². The van der Waals surface area contributed by atoms with Crippen molar-refractivity contribution >= 4 is 23.2 Å². The highest BCUT2D eigenvalue weighted by Crippen LogP contribution is 2.30. The Morgan fingerprint density at radius 2 is 1.85 bits per heavy atom. The largest absolute Gasteiger partial charge is 0.496 e. The molecule has 20 heavy (non-hydrogen) atoms. The molecule has 2 rings (SSSR count). The molecule has 0 spiro atoms. The van der Waals surface area contributed by atoms with Gasteiger partial charge in [-0.3, -0.25) is 0 Å². The molecule has 0 aliphatic carbocycles. The molecule has 4 heteroatoms. The van der Waals surface area contributed by atoms with E-state index in [0.717, 1.165) is 16.7 Å². The van der Waals surface area contributed by atoms with E-state index in [-0.39, 0.29) is 0 Å². The first-order chi connectivity index (χ1) is 9.51. The van der Waals surface area contributed by atoms with E-state index in [1.54, 1.807) is 19.2 Å². The molecule has 0 bridgehead atoms. The third-order valence-corrected chi connectivity index (χ3v) is 3.90. The summed E-state index contributed by atoms with van der Waals surface area (Å²) in [6.45, 7) is 1.98. The second-order valence-corrected chi connectivity index (χ2v) is 5.53. The van der Waals surface area contributed by atoms with Gasteiger partial charge >= 0.3 is 0 Å². The summed E-state index contributed by atoms with van der Waals surface area (Å²) in [5, 5.41) is 11.4. The number of aryl methyl sites for hydroxylation is 1. The second kappa shape index (κ2) is 6.49. The lowest BCUT2D eigenvalue weighted by atomic mass is 9.99. The normalized spacial score (nSPS) is 12.2. The van der Waals surface area contributed by atoms with E-state index < -0.39 is 6.10 Å². The number of methoxy groups -OCH3 is 1. The van der Waals surface area contributed by atoms with Crippen molar-refractivity contribution in [2.45, 2.75) is 19.4 Å². The molecule has 1 N–H and O–H groups in total. The first-order valence-electron chi connectivity index (χ1n) is 6.28. The van der Waals surface area contributed by atoms with Gasteiger partial charge in [-0.05, 0) is 36.8 Å². The summed E-state index contributed by atoms with van der Waals surface area (Å²) in [4.78, 5) is 0. The number of halogens is 2. The topological polar surface area (TPSA) is 29.5 Å². The molecule has 1 unspecified atom stereocenters. The second-order valence-electron chi connectivity index (χ2n) is 4.71. The minimum Gasteiger partial charge on any atom is -0.496 e. The van der Waals surface area contributed by atoms with Crippen LogP contribution in [0.25, 0.3) is 0 Å². The average molecular weight is 311 g/mol. The Labute approximate surface area is 128 Å². The minimum atomic E-state index is -0.651. The molecule has 2 nitrogen and oxygen atoms in total. The number of hydrogen-bond acceptors (Lipinski definition) is 2. The molecule has 0 saturated heterocycles. The SMILES string of the molecule is COc1ccc(C)cc1C(O)Cc1ccc(Cl)c(Cl)c1. The van der Waals surface area contributed by atoms with E-state index in [1.807, 2.05) is 31.2 Å². The fourth-order valence-corrected chi connectivity index (χ4v) is 2.43. The van der Waals surface area contributed by atoms with Gasteiger partial charge in [-0.2, -0.15) is 0 Å². The van der Waals surface area contributed by atoms with Crippen LogP contribution in [0.4, 0.5) is 0 Å². The molecule has 0 aromatic heterocycles. The van der Waals surface area contributed by atoms with Gasteiger partial charge < -0.3 is 9.84 Å². The van der Waals surface area contributed by atoms with Gasteiger partial charge in [0.1, 0.15) is 5.75 Å². The number of rotatable bonds is 4. The van der Waals surface area contributed by atoms with Crippen molar-refractivity contribution in [3.63, 3.8) is 0 Å². The number of ether oxygens (including phenoxy) is 1. The molecule has 0 radical (unpaired) electrons. The number of hydrogen-bond donors (Lipinski definition) is 1. The molecule has 0 heterocycles. The molecule has 0 aliphatic rings. The fourth-order valence-electron chi connectivity index (χ4n) is 2.11. The maximum atomic E-state index is 10.4. The monoisotopic (exact) mass is 310 g/mol. The molecule has 2 aromatic rings. The highest BCUT2D eigenvalue weighted by Gasteiger charge is 2.14. The van der Waals surface area contributed by atoms with Crippen LogP contribution < -0.4 is 4.74 Å². The quantitative estimate of drug-likeness (QED) is 0.895. The molecule has 1 atom stereocenters. The van der Waals surface area contributed by atoms with Crippen molar-refractivity contribution in [3.8, 4) is 5.75 Å². The Balaban J connectivity index is 2.25. The van der Waals surface area contributed by atoms with Crippen molar-refractivity contribution in [1.82, 2.24) is 0 Å². The lowest BCUT2D eigenvalue weighted by Crippen LogP contribution is -2.04. The zero-order valence-electron chi connectivity index (χ0n) is 11.4. The van der Waals surface area contributed by atoms with Crippen LogP contribution in [0.2, 0.25) is 10.0 Å². The Morgan fingerprint density at radius 3 is 2.50 bits per heavy atom. The summed E-state index contributed by atoms with van der Waals surface area (Å²) in [5.74, 6) is 0.683. The summed E-state index contributed by atoms with van der Waals surface area (Å²) in [6.07, 6.45) is -0.196. The first kappa shape index (κ1) is 15.2. The van der Waals surface area contributed by atoms with Crippen LogP contribution in [0.1, 0.15) is 22.8 Å². The zero-order valence-corrected chi connectivity index (χ0v) is 12.9. The lowest BCUT2D eigenvalue weighted by molar-refractivity contribution is 0.174. The molecule has 106 valence electrons. The standard InChI is InChI=1S/C16H16Cl2O2/c1-10-3-6-16(20-2)12(7-10)15(19)9-11-4-5-13(17)14(18)8-11/h3-8,15,19H,9H2,1-2H3. The van der Waals surface area contributed by atoms with Gasteiger partial charge in [0.05, 0.1) is 23.3 Å². The van der Waals surface area contributed by atoms with Crippen LogP contribution in [0.5, 0.6) is 5.75 Å². The third kappa shape index (κ3) is 3.45. The zero-order chi connectivity index (χ0) is 14.7. The van der Waals surface area contributed by atoms with Crippen LogP contribution in [0.15, 0.2) is 36.4 Å². The molecule has 0 amide bonds. The van der Waals surface area contributed by atoms with Crippen molar-refractivity contribution in [2.24, 2.45) is 0 Å². The highest BCUT2D eigenvalue weighted by atomic mass is 35.5. The highest BCUT2D eigenvalue weighted by molar-refractivity contribution is 6.42. The Hall–Kier alpha value is -1.22. The van der Waals surface area contributed by atoms with Crippen molar-refractivity contribution in [1.29, 1.82) is 0 Å². The third-order valence-electron chi connectivity index (χ3n) is 3.16. The summed E-state index contributed by atoms with van der Waals surface area (Å²) < 4.78 is 5.29. The van der Waals surface area contributed by atoms with E-state index in [4.69, 9.17) is 27.9 Å². The Bertz CT molecular complexity index is 611. The molecular weight excluding hydrogens is 295 g/mol. The van der Waals surface area contributed by atoms with Crippen molar-refractivity contribution in [3.05, 3.63) is 63.1 Å². The van der Waals surface area contributed by atoms with E-state index in [2.05, 4.69) is 0 Å². The summed E-state index contributed by atoms with van der Waals surface area (Å²) in [5.41, 5.74) is 2.78. The van der Waals surface area contributed by atoms with E-state index in [9.17, 15) is 5.11 Å². The molecule has 0 fully saturated rings. The van der Waals surface area contributed by atoms with Gasteiger partial charge in [0.15, 0.2) is 0 Å². The number of aliphatic hydroxyl groups is 1. The van der Waals surface area contributed by atoms with Crippen LogP contribution in [0, 0.1) is 6.92 Å². The van der Waals surface area contributed by atoms with Gasteiger partial charge in [-0.25, -0.2) is 0 Å². The Kier molecular flexibility index (Phi) is 4.92. The predicted molar refractivity (Wildman–Crippen MR) is 82.9 cm³/mol. The van der Waals surface area contributed by atoms with E-state index in [0.29, 0.717) is 22.2 Å². The first-order valence-corrected chi connectivity index (χ1v) is 7.03. The van der Waals surface area contributed by atoms with Crippen LogP contribution in [0.3, 0.4) is 0 Å². The molecule has 2 aromatic carbocycles. The summed E-state index contributed by atoms with van der Waals surface area (Å²) >= 11 is 11.9. The molecule has 0 saturated carbocycles. The lowest BCUT2D eigenvalue weighted by Gasteiger charge is -2.16. The maximum Gasteiger partial charge on any atom is 0.124 e. The van der Waals surface area contributed by atoms with Gasteiger partial charge in [0.2, 0.25) is 0 Å². The van der Waals surface area contributed by atoms with Crippen LogP contribution >= 0.6 is 23.2 Å². The predicted octanol–water partition coefficient (Wildman–Crippen LogP) is 4.59. The summed E-state index contributed by atoms with van der Waals surface area (Å²) in [7, 11) is 1.60. The smallest absolute Gasteiger partial charge is 0.124 e. The number of benzene rings is 2. The van der Waals surface area contributed by atoms with Gasteiger partial charge in [0.25, 0.3) is 0 Å². The number of aliphatic hydroxyl groups excluding tert-OH is 1. The van der Waals surface area contributed by atoms with Crippen molar-refractivity contribution in [2.75, 3.05) is 7.11 Å². The van der Waals surface area contributed by atoms with Crippen LogP contribution in [-0.2, 0) is 6.42 Å². The van der Waals surface area contributed by atoms with E-state index >= 15 is 0 Å². The average Bonchev–Trinajstić information content (AvgIpc) is 2.43. The van der Waals surface area contributed by atoms with Gasteiger partial charge in [-0.15, -0.1) is 0 Å². The summed E-state index contributed by atoms with van der Waals surface area (Å²) in [6, 6.07) is 11.1. The van der Waals surface area contributed by atoms with Crippen molar-refractivity contribution < 1.29 is 9.84 Å². The fraction of sp³-hybridized carbons (Fsp3) is 0.250. The Morgan fingerprint density at radius 1 is 1.10 bits per heavy atom. The maximum absolute atomic E-state index is 10.4. The minimum absolute atomic E-state index is 0.455. The van der Waals surface area contributed by atoms with E-state index in [1.165, 1.54) is 0 Å².